The van der Waals surface area contributed by atoms with Crippen LogP contribution in [0.25, 0.3) is 0 Å². The van der Waals surface area contributed by atoms with Gasteiger partial charge in [-0.05, 0) is 33.1 Å². The first-order valence-corrected chi connectivity index (χ1v) is 7.07. The second-order valence-electron chi connectivity index (χ2n) is 5.93. The Morgan fingerprint density at radius 1 is 1.50 bits per heavy atom. The van der Waals surface area contributed by atoms with Gasteiger partial charge in [0.2, 0.25) is 5.82 Å². The van der Waals surface area contributed by atoms with Crippen LogP contribution in [-0.2, 0) is 0 Å². The Kier molecular flexibility index (Phi) is 3.99. The quantitative estimate of drug-likeness (QED) is 0.674. The molecule has 7 heteroatoms. The molecular weight excluding hydrogens is 258 g/mol. The van der Waals surface area contributed by atoms with Crippen molar-refractivity contribution in [2.45, 2.75) is 46.2 Å². The molecule has 0 saturated carbocycles. The van der Waals surface area contributed by atoms with Crippen LogP contribution in [0.15, 0.2) is 0 Å². The Bertz CT molecular complexity index is 511. The Labute approximate surface area is 118 Å². The van der Waals surface area contributed by atoms with Gasteiger partial charge in [-0.3, -0.25) is 10.1 Å². The van der Waals surface area contributed by atoms with Gasteiger partial charge in [-0.1, -0.05) is 6.92 Å². The van der Waals surface area contributed by atoms with Gasteiger partial charge in [0.05, 0.1) is 4.92 Å². The normalized spacial score (nSPS) is 23.4. The van der Waals surface area contributed by atoms with Crippen LogP contribution in [0.2, 0.25) is 0 Å². The third-order valence-corrected chi connectivity index (χ3v) is 3.97. The molecule has 1 saturated heterocycles. The van der Waals surface area contributed by atoms with Crippen LogP contribution in [0.5, 0.6) is 0 Å². The summed E-state index contributed by atoms with van der Waals surface area (Å²) in [5, 5.41) is 15.7. The highest BCUT2D eigenvalue weighted by Gasteiger charge is 2.34. The summed E-state index contributed by atoms with van der Waals surface area (Å²) in [5.41, 5.74) is 6.64. The van der Waals surface area contributed by atoms with Crippen molar-refractivity contribution in [2.75, 3.05) is 18.0 Å². The largest absolute Gasteiger partial charge is 0.351 e. The molecule has 2 atom stereocenters. The minimum atomic E-state index is -0.324. The van der Waals surface area contributed by atoms with E-state index in [9.17, 15) is 10.1 Å². The minimum absolute atomic E-state index is 0.0864. The maximum Gasteiger partial charge on any atom is 0.333 e. The van der Waals surface area contributed by atoms with Crippen LogP contribution in [0.3, 0.4) is 0 Å². The molecule has 0 bridgehead atoms. The Balaban J connectivity index is 2.46. The number of nitrogens with two attached hydrogens (primary N) is 1. The third kappa shape index (κ3) is 2.49. The van der Waals surface area contributed by atoms with Gasteiger partial charge in [0.15, 0.2) is 0 Å². The number of aromatic nitrogens is 2. The van der Waals surface area contributed by atoms with Crippen molar-refractivity contribution >= 4 is 11.5 Å². The van der Waals surface area contributed by atoms with Crippen molar-refractivity contribution in [3.05, 3.63) is 15.8 Å². The molecule has 1 aromatic heterocycles. The molecule has 0 aliphatic carbocycles. The van der Waals surface area contributed by atoms with Crippen LogP contribution in [0, 0.1) is 23.0 Å². The molecule has 2 unspecified atom stereocenters. The Morgan fingerprint density at radius 3 is 2.65 bits per heavy atom. The summed E-state index contributed by atoms with van der Waals surface area (Å²) in [7, 11) is 0. The van der Waals surface area contributed by atoms with Crippen LogP contribution in [0.4, 0.5) is 11.5 Å². The van der Waals surface area contributed by atoms with E-state index < -0.39 is 0 Å². The average Bonchev–Trinajstić information content (AvgIpc) is 2.70. The molecule has 1 aliphatic heterocycles. The lowest BCUT2D eigenvalue weighted by Crippen LogP contribution is -2.46. The Hall–Kier alpha value is -1.63. The third-order valence-electron chi connectivity index (χ3n) is 3.97. The first-order valence-electron chi connectivity index (χ1n) is 7.07. The van der Waals surface area contributed by atoms with Gasteiger partial charge in [0.1, 0.15) is 5.69 Å². The molecule has 1 aliphatic rings. The topological polar surface area (TPSA) is 90.2 Å². The van der Waals surface area contributed by atoms with Crippen molar-refractivity contribution in [3.8, 4) is 0 Å². The second-order valence-corrected chi connectivity index (χ2v) is 5.93. The van der Waals surface area contributed by atoms with Crippen LogP contribution >= 0.6 is 0 Å². The molecule has 112 valence electrons. The predicted octanol–water partition coefficient (Wildman–Crippen LogP) is 1.85. The van der Waals surface area contributed by atoms with Crippen molar-refractivity contribution < 1.29 is 4.92 Å². The van der Waals surface area contributed by atoms with Crippen LogP contribution in [-0.4, -0.2) is 33.8 Å². The average molecular weight is 281 g/mol. The lowest BCUT2D eigenvalue weighted by molar-refractivity contribution is -0.384. The lowest BCUT2D eigenvalue weighted by atomic mass is 9.95. The summed E-state index contributed by atoms with van der Waals surface area (Å²) < 4.78 is 1.76. The molecule has 0 aromatic carbocycles. The second kappa shape index (κ2) is 5.40. The monoisotopic (exact) mass is 281 g/mol. The number of rotatable bonds is 3. The first kappa shape index (κ1) is 14.8. The van der Waals surface area contributed by atoms with E-state index in [-0.39, 0.29) is 22.7 Å². The van der Waals surface area contributed by atoms with Gasteiger partial charge in [-0.25, -0.2) is 4.68 Å². The zero-order chi connectivity index (χ0) is 15.0. The molecule has 7 nitrogen and oxygen atoms in total. The number of nitrogens with zero attached hydrogens (tertiary/aromatic N) is 4. The smallest absolute Gasteiger partial charge is 0.333 e. The van der Waals surface area contributed by atoms with Gasteiger partial charge in [0.25, 0.3) is 0 Å². The summed E-state index contributed by atoms with van der Waals surface area (Å²) in [5.74, 6) is 0.945. The summed E-state index contributed by atoms with van der Waals surface area (Å²) in [4.78, 5) is 13.1. The van der Waals surface area contributed by atoms with E-state index in [1.54, 1.807) is 11.6 Å². The molecule has 1 fully saturated rings. The maximum absolute atomic E-state index is 11.4. The zero-order valence-corrected chi connectivity index (χ0v) is 12.5. The summed E-state index contributed by atoms with van der Waals surface area (Å²) in [6.45, 7) is 9.23. The van der Waals surface area contributed by atoms with E-state index in [0.717, 1.165) is 19.5 Å². The van der Waals surface area contributed by atoms with Crippen LogP contribution in [0.1, 0.15) is 38.9 Å². The molecule has 2 N–H and O–H groups in total. The van der Waals surface area contributed by atoms with Crippen molar-refractivity contribution in [1.82, 2.24) is 9.78 Å². The fourth-order valence-electron chi connectivity index (χ4n) is 2.75. The fraction of sp³-hybridized carbons (Fsp3) is 0.769. The van der Waals surface area contributed by atoms with E-state index in [1.165, 1.54) is 0 Å². The highest BCUT2D eigenvalue weighted by atomic mass is 16.6. The molecule has 0 spiro atoms. The molecule has 0 amide bonds. The molecule has 1 aromatic rings. The number of hydrogen-bond donors (Lipinski definition) is 1. The molecule has 0 radical (unpaired) electrons. The maximum atomic E-state index is 11.4. The number of anilines is 1. The first-order chi connectivity index (χ1) is 9.32. The highest BCUT2D eigenvalue weighted by molar-refractivity contribution is 5.62. The number of piperidine rings is 1. The SMILES string of the molecule is Cc1nn(C(C)C)c(N2CCC(N)C(C)C2)c1[N+](=O)[O-]. The standard InChI is InChI=1S/C13H23N5O2/c1-8(2)17-13(12(18(19)20)10(4)15-17)16-6-5-11(14)9(3)7-16/h8-9,11H,5-7,14H2,1-4H3. The summed E-state index contributed by atoms with van der Waals surface area (Å²) in [6.07, 6.45) is 0.848. The predicted molar refractivity (Wildman–Crippen MR) is 78.0 cm³/mol. The molecule has 2 heterocycles. The van der Waals surface area contributed by atoms with Gasteiger partial charge < -0.3 is 10.6 Å². The number of nitro groups is 1. The van der Waals surface area contributed by atoms with E-state index >= 15 is 0 Å². The summed E-state index contributed by atoms with van der Waals surface area (Å²) >= 11 is 0. The Morgan fingerprint density at radius 2 is 2.15 bits per heavy atom. The van der Waals surface area contributed by atoms with E-state index in [0.29, 0.717) is 17.4 Å². The minimum Gasteiger partial charge on any atom is -0.351 e. The van der Waals surface area contributed by atoms with Gasteiger partial charge in [-0.2, -0.15) is 5.10 Å². The number of hydrogen-bond acceptors (Lipinski definition) is 5. The van der Waals surface area contributed by atoms with Gasteiger partial charge in [0, 0.05) is 25.2 Å². The van der Waals surface area contributed by atoms with Gasteiger partial charge in [-0.15, -0.1) is 0 Å². The van der Waals surface area contributed by atoms with E-state index in [1.807, 2.05) is 13.8 Å². The fourth-order valence-corrected chi connectivity index (χ4v) is 2.75. The number of aryl methyl sites for hydroxylation is 1. The molecular formula is C13H23N5O2. The highest BCUT2D eigenvalue weighted by Crippen LogP contribution is 2.35. The zero-order valence-electron chi connectivity index (χ0n) is 12.5. The van der Waals surface area contributed by atoms with Crippen molar-refractivity contribution in [2.24, 2.45) is 11.7 Å². The molecule has 2 rings (SSSR count). The van der Waals surface area contributed by atoms with Crippen molar-refractivity contribution in [3.63, 3.8) is 0 Å². The lowest BCUT2D eigenvalue weighted by Gasteiger charge is -2.36. The summed E-state index contributed by atoms with van der Waals surface area (Å²) in [6, 6.07) is 0.255. The van der Waals surface area contributed by atoms with Crippen molar-refractivity contribution in [1.29, 1.82) is 0 Å². The van der Waals surface area contributed by atoms with E-state index in [4.69, 9.17) is 5.73 Å². The van der Waals surface area contributed by atoms with Crippen LogP contribution < -0.4 is 10.6 Å². The van der Waals surface area contributed by atoms with Gasteiger partial charge >= 0.3 is 5.69 Å². The van der Waals surface area contributed by atoms with E-state index in [2.05, 4.69) is 16.9 Å². The molecule has 20 heavy (non-hydrogen) atoms.